The van der Waals surface area contributed by atoms with Crippen molar-refractivity contribution in [2.75, 3.05) is 52.4 Å². The van der Waals surface area contributed by atoms with Crippen LogP contribution < -0.4 is 0 Å². The van der Waals surface area contributed by atoms with Gasteiger partial charge in [-0.3, -0.25) is 9.98 Å². The van der Waals surface area contributed by atoms with E-state index >= 15 is 0 Å². The SMILES string of the molecule is CCCCC(CCCC)c1cc(C)c(O)c(C=NC2CCCCC2N=Cc2cc(C(CCC[N+](CCCC)(CCCC)CCCC)CCC[N+](CCCC)(CCCC)CCCC)cc(C)c2O)c1.[Co]. The normalized spacial score (nSPS) is 15.9. The van der Waals surface area contributed by atoms with Gasteiger partial charge in [-0.1, -0.05) is 145 Å². The number of unbranched alkanes of at least 4 members (excludes halogenated alkanes) is 8. The Hall–Kier alpha value is -2.19. The number of aromatic hydroxyl groups is 2. The van der Waals surface area contributed by atoms with Crippen LogP contribution in [-0.2, 0) is 16.8 Å². The minimum absolute atomic E-state index is 0. The van der Waals surface area contributed by atoms with Gasteiger partial charge in [0.1, 0.15) is 11.5 Å². The van der Waals surface area contributed by atoms with E-state index in [2.05, 4.69) is 86.6 Å². The molecule has 1 radical (unpaired) electrons. The first kappa shape index (κ1) is 62.9. The van der Waals surface area contributed by atoms with E-state index in [1.807, 2.05) is 19.4 Å². The summed E-state index contributed by atoms with van der Waals surface area (Å²) in [4.78, 5) is 10.5. The number of hydrogen-bond acceptors (Lipinski definition) is 4. The minimum Gasteiger partial charge on any atom is -0.507 e. The molecule has 1 fully saturated rings. The van der Waals surface area contributed by atoms with E-state index in [0.717, 1.165) is 47.9 Å². The first-order valence-electron chi connectivity index (χ1n) is 29.4. The van der Waals surface area contributed by atoms with Crippen LogP contribution in [-0.4, -0.2) is 96.1 Å². The molecule has 0 saturated heterocycles. The van der Waals surface area contributed by atoms with Gasteiger partial charge in [-0.15, -0.1) is 0 Å². The zero-order valence-corrected chi connectivity index (χ0v) is 47.9. The van der Waals surface area contributed by atoms with Gasteiger partial charge < -0.3 is 19.2 Å². The standard InChI is InChI=1S/C62H108N4O2.Co/c1-11-19-31-53(32-20-12-2)55-45-51(9)61(67)57(47-55)49-63-59-35-27-28-36-60(59)64-50-58-48-56(46-52(10)62(58)68)54(33-29-43-65(37-21-13-3,38-22-14-4)39-23-15-5)34-30-44-66(40-24-16-6,41-25-17-7)42-26-18-8;/h45-50,53-54,59-60H,11-44H2,1-10H3;/p+2. The second kappa shape index (κ2) is 35.8. The average molecular weight is 1000 g/mol. The third kappa shape index (κ3) is 21.8. The van der Waals surface area contributed by atoms with Gasteiger partial charge in [0.05, 0.1) is 64.4 Å². The molecule has 0 spiro atoms. The van der Waals surface area contributed by atoms with Crippen molar-refractivity contribution >= 4 is 12.4 Å². The molecule has 0 heterocycles. The molecular formula is C62H110CoN4O2+2. The molecule has 7 heteroatoms. The molecule has 2 aromatic carbocycles. The number of nitrogens with zero attached hydrogens (tertiary/aromatic N) is 4. The molecular weight excluding hydrogens is 892 g/mol. The molecule has 6 nitrogen and oxygen atoms in total. The second-order valence-electron chi connectivity index (χ2n) is 22.1. The van der Waals surface area contributed by atoms with Crippen LogP contribution in [0.2, 0.25) is 0 Å². The monoisotopic (exact) mass is 1000 g/mol. The molecule has 1 aliphatic carbocycles. The van der Waals surface area contributed by atoms with E-state index in [1.54, 1.807) is 0 Å². The fourth-order valence-electron chi connectivity index (χ4n) is 11.6. The predicted octanol–water partition coefficient (Wildman–Crippen LogP) is 17.1. The maximum Gasteiger partial charge on any atom is 0.127 e. The predicted molar refractivity (Wildman–Crippen MR) is 299 cm³/mol. The van der Waals surface area contributed by atoms with Gasteiger partial charge in [0, 0.05) is 40.3 Å². The molecule has 0 bridgehead atoms. The van der Waals surface area contributed by atoms with Gasteiger partial charge in [-0.05, 0) is 150 Å². The van der Waals surface area contributed by atoms with Crippen LogP contribution in [0.15, 0.2) is 34.3 Å². The van der Waals surface area contributed by atoms with E-state index < -0.39 is 0 Å². The molecule has 69 heavy (non-hydrogen) atoms. The van der Waals surface area contributed by atoms with Crippen molar-refractivity contribution in [1.29, 1.82) is 0 Å². The number of benzene rings is 2. The molecule has 0 amide bonds. The van der Waals surface area contributed by atoms with Gasteiger partial charge in [-0.2, -0.15) is 0 Å². The average Bonchev–Trinajstić information content (AvgIpc) is 3.35. The van der Waals surface area contributed by atoms with Gasteiger partial charge in [0.2, 0.25) is 0 Å². The molecule has 2 aromatic rings. The summed E-state index contributed by atoms with van der Waals surface area (Å²) in [7, 11) is 0. The topological polar surface area (TPSA) is 65.2 Å². The van der Waals surface area contributed by atoms with Crippen LogP contribution in [0.25, 0.3) is 0 Å². The van der Waals surface area contributed by atoms with Crippen LogP contribution in [0.5, 0.6) is 11.5 Å². The summed E-state index contributed by atoms with van der Waals surface area (Å²) in [6.45, 7) is 33.4. The Morgan fingerprint density at radius 2 is 0.725 bits per heavy atom. The van der Waals surface area contributed by atoms with Crippen molar-refractivity contribution in [3.05, 3.63) is 57.6 Å². The fraction of sp³-hybridized carbons (Fsp3) is 0.774. The van der Waals surface area contributed by atoms with Crippen molar-refractivity contribution in [3.8, 4) is 11.5 Å². The van der Waals surface area contributed by atoms with E-state index in [0.29, 0.717) is 23.3 Å². The maximum absolute atomic E-state index is 11.7. The first-order valence-corrected chi connectivity index (χ1v) is 29.4. The molecule has 397 valence electrons. The minimum atomic E-state index is 0. The summed E-state index contributed by atoms with van der Waals surface area (Å²) in [5.41, 5.74) is 6.35. The summed E-state index contributed by atoms with van der Waals surface area (Å²) < 4.78 is 2.60. The molecule has 0 aliphatic heterocycles. The van der Waals surface area contributed by atoms with E-state index in [4.69, 9.17) is 9.98 Å². The van der Waals surface area contributed by atoms with Crippen LogP contribution >= 0.6 is 0 Å². The third-order valence-corrected chi connectivity index (χ3v) is 16.2. The Balaban J connectivity index is 0.0000163. The Kier molecular flexibility index (Phi) is 32.7. The molecule has 2 unspecified atom stereocenters. The molecule has 1 saturated carbocycles. The van der Waals surface area contributed by atoms with Crippen molar-refractivity contribution in [3.63, 3.8) is 0 Å². The van der Waals surface area contributed by atoms with Gasteiger partial charge in [-0.25, -0.2) is 0 Å². The van der Waals surface area contributed by atoms with E-state index in [-0.39, 0.29) is 28.9 Å². The molecule has 2 atom stereocenters. The van der Waals surface area contributed by atoms with E-state index in [1.165, 1.54) is 214 Å². The number of rotatable bonds is 38. The van der Waals surface area contributed by atoms with Gasteiger partial charge in [0.15, 0.2) is 0 Å². The number of aryl methyl sites for hydroxylation is 2. The summed E-state index contributed by atoms with van der Waals surface area (Å²) in [5.74, 6) is 1.70. The smallest absolute Gasteiger partial charge is 0.127 e. The second-order valence-corrected chi connectivity index (χ2v) is 22.1. The maximum atomic E-state index is 11.7. The van der Waals surface area contributed by atoms with Crippen molar-refractivity contribution in [1.82, 2.24) is 0 Å². The van der Waals surface area contributed by atoms with Gasteiger partial charge >= 0.3 is 0 Å². The zero-order chi connectivity index (χ0) is 49.6. The zero-order valence-electron chi connectivity index (χ0n) is 46.8. The van der Waals surface area contributed by atoms with Crippen LogP contribution in [0.3, 0.4) is 0 Å². The Labute approximate surface area is 437 Å². The summed E-state index contributed by atoms with van der Waals surface area (Å²) in [6.07, 6.45) is 36.0. The first-order chi connectivity index (χ1) is 33.0. The largest absolute Gasteiger partial charge is 0.507 e. The summed E-state index contributed by atoms with van der Waals surface area (Å²) >= 11 is 0. The van der Waals surface area contributed by atoms with Gasteiger partial charge in [0.25, 0.3) is 0 Å². The third-order valence-electron chi connectivity index (χ3n) is 16.2. The molecule has 2 N–H and O–H groups in total. The summed E-state index contributed by atoms with van der Waals surface area (Å²) in [5, 5.41) is 23.0. The van der Waals surface area contributed by atoms with Crippen LogP contribution in [0.4, 0.5) is 0 Å². The van der Waals surface area contributed by atoms with E-state index in [9.17, 15) is 10.2 Å². The van der Waals surface area contributed by atoms with Crippen LogP contribution in [0.1, 0.15) is 268 Å². The van der Waals surface area contributed by atoms with Crippen molar-refractivity contribution < 1.29 is 36.0 Å². The van der Waals surface area contributed by atoms with Crippen molar-refractivity contribution in [2.45, 2.75) is 260 Å². The fourth-order valence-corrected chi connectivity index (χ4v) is 11.6. The Bertz CT molecular complexity index is 1620. The Morgan fingerprint density at radius 1 is 0.449 bits per heavy atom. The number of phenolic OH excluding ortho intramolecular Hbond substituents is 2. The Morgan fingerprint density at radius 3 is 1.01 bits per heavy atom. The molecule has 0 aromatic heterocycles. The van der Waals surface area contributed by atoms with Crippen LogP contribution in [0, 0.1) is 13.8 Å². The summed E-state index contributed by atoms with van der Waals surface area (Å²) in [6, 6.07) is 9.17. The number of phenols is 2. The number of hydrogen-bond donors (Lipinski definition) is 2. The van der Waals surface area contributed by atoms with Crippen molar-refractivity contribution in [2.24, 2.45) is 9.98 Å². The number of aliphatic imine (C=N–C) groups is 2. The molecule has 3 rings (SSSR count). The number of quaternary nitrogens is 2. The molecule has 1 aliphatic rings. The quantitative estimate of drug-likeness (QED) is 0.0520.